The molecule has 0 saturated heterocycles. The minimum Gasteiger partial charge on any atom is -0.425 e. The van der Waals surface area contributed by atoms with Gasteiger partial charge in [0.15, 0.2) is 0 Å². The zero-order valence-corrected chi connectivity index (χ0v) is 14.3. The second kappa shape index (κ2) is 5.13. The van der Waals surface area contributed by atoms with E-state index in [0.29, 0.717) is 5.75 Å². The van der Waals surface area contributed by atoms with E-state index in [9.17, 15) is 4.79 Å². The molecule has 0 radical (unpaired) electrons. The first-order valence-corrected chi connectivity index (χ1v) is 8.06. The molecule has 4 rings (SSSR count). The molecule has 1 aromatic heterocycles. The normalized spacial score (nSPS) is 16.3. The summed E-state index contributed by atoms with van der Waals surface area (Å²) < 4.78 is 7.75. The van der Waals surface area contributed by atoms with Crippen LogP contribution in [0, 0.1) is 6.92 Å². The minimum atomic E-state index is -0.359. The van der Waals surface area contributed by atoms with Crippen LogP contribution >= 0.6 is 0 Å². The number of rotatable bonds is 2. The van der Waals surface area contributed by atoms with Crippen molar-refractivity contribution in [2.75, 3.05) is 19.0 Å². The molecule has 4 nitrogen and oxygen atoms in total. The average molecular weight is 320 g/mol. The van der Waals surface area contributed by atoms with E-state index >= 15 is 0 Å². The van der Waals surface area contributed by atoms with Gasteiger partial charge in [0.1, 0.15) is 11.7 Å². The van der Waals surface area contributed by atoms with Crippen molar-refractivity contribution in [1.29, 1.82) is 0 Å². The van der Waals surface area contributed by atoms with E-state index in [1.165, 1.54) is 0 Å². The van der Waals surface area contributed by atoms with Gasteiger partial charge >= 0.3 is 5.97 Å². The molecule has 0 saturated carbocycles. The monoisotopic (exact) mass is 320 g/mol. The number of nitrogens with zero attached hydrogens (tertiary/aromatic N) is 2. The number of anilines is 1. The van der Waals surface area contributed by atoms with Gasteiger partial charge in [-0.1, -0.05) is 24.3 Å². The van der Waals surface area contributed by atoms with Crippen LogP contribution in [0.15, 0.2) is 42.5 Å². The van der Waals surface area contributed by atoms with Crippen molar-refractivity contribution in [1.82, 2.24) is 4.57 Å². The summed E-state index contributed by atoms with van der Waals surface area (Å²) in [5.41, 5.74) is 5.26. The lowest BCUT2D eigenvalue weighted by Gasteiger charge is -2.13. The molecule has 1 atom stereocenters. The van der Waals surface area contributed by atoms with Gasteiger partial charge in [-0.05, 0) is 24.6 Å². The number of benzene rings is 2. The topological polar surface area (TPSA) is 34.5 Å². The van der Waals surface area contributed by atoms with Crippen LogP contribution in [0.3, 0.4) is 0 Å². The number of hydrogen-bond acceptors (Lipinski definition) is 3. The quantitative estimate of drug-likeness (QED) is 0.534. The highest BCUT2D eigenvalue weighted by atomic mass is 16.5. The maximum atomic E-state index is 12.7. The Bertz CT molecular complexity index is 969. The fourth-order valence-corrected chi connectivity index (χ4v) is 3.61. The molecule has 0 N–H and O–H groups in total. The van der Waals surface area contributed by atoms with Gasteiger partial charge in [-0.25, -0.2) is 0 Å². The van der Waals surface area contributed by atoms with Gasteiger partial charge in [0.25, 0.3) is 0 Å². The van der Waals surface area contributed by atoms with Gasteiger partial charge in [-0.2, -0.15) is 0 Å². The lowest BCUT2D eigenvalue weighted by atomic mass is 9.90. The van der Waals surface area contributed by atoms with Crippen molar-refractivity contribution >= 4 is 22.6 Å². The first-order chi connectivity index (χ1) is 11.5. The molecule has 0 bridgehead atoms. The fraction of sp³-hybridized carbons (Fsp3) is 0.250. The van der Waals surface area contributed by atoms with E-state index in [4.69, 9.17) is 4.74 Å². The zero-order valence-electron chi connectivity index (χ0n) is 14.3. The number of aryl methyl sites for hydroxylation is 1. The summed E-state index contributed by atoms with van der Waals surface area (Å²) in [6.45, 7) is 2.06. The van der Waals surface area contributed by atoms with E-state index in [2.05, 4.69) is 23.6 Å². The molecule has 122 valence electrons. The summed E-state index contributed by atoms with van der Waals surface area (Å²) in [6, 6.07) is 14.2. The van der Waals surface area contributed by atoms with Crippen LogP contribution in [0.1, 0.15) is 22.7 Å². The maximum Gasteiger partial charge on any atom is 0.323 e. The van der Waals surface area contributed by atoms with Crippen molar-refractivity contribution in [2.24, 2.45) is 7.05 Å². The number of aromatic nitrogens is 1. The van der Waals surface area contributed by atoms with Crippen LogP contribution in [-0.2, 0) is 11.8 Å². The van der Waals surface area contributed by atoms with Gasteiger partial charge in [0.2, 0.25) is 0 Å². The second-order valence-electron chi connectivity index (χ2n) is 6.55. The SMILES string of the molecule is Cc1c(C2C(=O)Oc3cc(N(C)C)ccc32)c2ccccc2n1C. The Hall–Kier alpha value is -2.75. The largest absolute Gasteiger partial charge is 0.425 e. The minimum absolute atomic E-state index is 0.194. The van der Waals surface area contributed by atoms with Crippen LogP contribution in [-0.4, -0.2) is 24.6 Å². The van der Waals surface area contributed by atoms with Crippen molar-refractivity contribution in [3.63, 3.8) is 0 Å². The summed E-state index contributed by atoms with van der Waals surface area (Å²) >= 11 is 0. The first kappa shape index (κ1) is 14.8. The van der Waals surface area contributed by atoms with Crippen molar-refractivity contribution in [3.05, 3.63) is 59.3 Å². The summed E-state index contributed by atoms with van der Waals surface area (Å²) in [6.07, 6.45) is 0. The Labute approximate surface area is 141 Å². The van der Waals surface area contributed by atoms with Gasteiger partial charge in [0, 0.05) is 55.1 Å². The molecule has 1 aliphatic rings. The summed E-state index contributed by atoms with van der Waals surface area (Å²) in [7, 11) is 5.99. The van der Waals surface area contributed by atoms with Crippen LogP contribution in [0.2, 0.25) is 0 Å². The molecule has 0 spiro atoms. The lowest BCUT2D eigenvalue weighted by Crippen LogP contribution is -2.12. The molecule has 0 fully saturated rings. The van der Waals surface area contributed by atoms with Crippen LogP contribution < -0.4 is 9.64 Å². The highest BCUT2D eigenvalue weighted by molar-refractivity contribution is 5.97. The van der Waals surface area contributed by atoms with Gasteiger partial charge in [0.05, 0.1) is 0 Å². The Morgan fingerprint density at radius 3 is 2.62 bits per heavy atom. The summed E-state index contributed by atoms with van der Waals surface area (Å²) in [4.78, 5) is 14.7. The van der Waals surface area contributed by atoms with Crippen LogP contribution in [0.4, 0.5) is 5.69 Å². The van der Waals surface area contributed by atoms with Gasteiger partial charge < -0.3 is 14.2 Å². The van der Waals surface area contributed by atoms with Gasteiger partial charge in [-0.15, -0.1) is 0 Å². The molecule has 0 amide bonds. The average Bonchev–Trinajstić information content (AvgIpc) is 3.01. The predicted molar refractivity (Wildman–Crippen MR) is 95.9 cm³/mol. The molecule has 3 aromatic rings. The highest BCUT2D eigenvalue weighted by Gasteiger charge is 2.37. The molecule has 2 heterocycles. The highest BCUT2D eigenvalue weighted by Crippen LogP contribution is 2.44. The molecule has 1 aliphatic heterocycles. The van der Waals surface area contributed by atoms with E-state index in [-0.39, 0.29) is 11.9 Å². The number of para-hydroxylation sites is 1. The van der Waals surface area contributed by atoms with Crippen LogP contribution in [0.25, 0.3) is 10.9 Å². The Kier molecular flexibility index (Phi) is 3.17. The molecule has 2 aromatic carbocycles. The lowest BCUT2D eigenvalue weighted by molar-refractivity contribution is -0.133. The van der Waals surface area contributed by atoms with Gasteiger partial charge in [-0.3, -0.25) is 4.79 Å². The van der Waals surface area contributed by atoms with E-state index in [1.807, 2.05) is 56.4 Å². The maximum absolute atomic E-state index is 12.7. The second-order valence-corrected chi connectivity index (χ2v) is 6.55. The predicted octanol–water partition coefficient (Wildman–Crippen LogP) is 3.60. The van der Waals surface area contributed by atoms with E-state index in [1.54, 1.807) is 0 Å². The molecule has 0 aliphatic carbocycles. The molecule has 4 heteroatoms. The molecule has 24 heavy (non-hydrogen) atoms. The number of fused-ring (bicyclic) bond motifs is 2. The van der Waals surface area contributed by atoms with Crippen molar-refractivity contribution in [2.45, 2.75) is 12.8 Å². The number of hydrogen-bond donors (Lipinski definition) is 0. The summed E-state index contributed by atoms with van der Waals surface area (Å²) in [5.74, 6) is 0.117. The standard InChI is InChI=1S/C20H20N2O2/c1-12-18(14-7-5-6-8-16(14)22(12)4)19-15-10-9-13(21(2)3)11-17(15)24-20(19)23/h5-11,19H,1-4H3. The molecule has 1 unspecified atom stereocenters. The number of carbonyl (C=O) groups is 1. The third-order valence-electron chi connectivity index (χ3n) is 5.01. The first-order valence-electron chi connectivity index (χ1n) is 8.06. The fourth-order valence-electron chi connectivity index (χ4n) is 3.61. The van der Waals surface area contributed by atoms with Crippen molar-refractivity contribution < 1.29 is 9.53 Å². The van der Waals surface area contributed by atoms with E-state index in [0.717, 1.165) is 33.4 Å². The zero-order chi connectivity index (χ0) is 17.0. The number of carbonyl (C=O) groups excluding carboxylic acids is 1. The van der Waals surface area contributed by atoms with Crippen molar-refractivity contribution in [3.8, 4) is 5.75 Å². The summed E-state index contributed by atoms with van der Waals surface area (Å²) in [5, 5.41) is 1.11. The number of esters is 1. The van der Waals surface area contributed by atoms with Crippen LogP contribution in [0.5, 0.6) is 5.75 Å². The third kappa shape index (κ3) is 1.96. The molecular weight excluding hydrogens is 300 g/mol. The Balaban J connectivity index is 1.94. The smallest absolute Gasteiger partial charge is 0.323 e. The molecular formula is C20H20N2O2. The Morgan fingerprint density at radius 2 is 1.88 bits per heavy atom. The number of ether oxygens (including phenoxy) is 1. The Morgan fingerprint density at radius 1 is 1.12 bits per heavy atom. The van der Waals surface area contributed by atoms with E-state index < -0.39 is 0 Å². The third-order valence-corrected chi connectivity index (χ3v) is 5.01.